The summed E-state index contributed by atoms with van der Waals surface area (Å²) in [4.78, 5) is 26.9. The van der Waals surface area contributed by atoms with E-state index in [2.05, 4.69) is 5.32 Å². The Morgan fingerprint density at radius 2 is 1.89 bits per heavy atom. The maximum Gasteiger partial charge on any atom is 0.269 e. The number of nitrogens with one attached hydrogen (secondary N) is 1. The Morgan fingerprint density at radius 1 is 1.18 bits per heavy atom. The van der Waals surface area contributed by atoms with Crippen molar-refractivity contribution in [2.24, 2.45) is 0 Å². The maximum absolute atomic E-state index is 12.8. The summed E-state index contributed by atoms with van der Waals surface area (Å²) < 4.78 is 26.4. The molecule has 2 amide bonds. The van der Waals surface area contributed by atoms with E-state index in [0.717, 1.165) is 9.99 Å². The van der Waals surface area contributed by atoms with E-state index in [-0.39, 0.29) is 22.1 Å². The van der Waals surface area contributed by atoms with Crippen molar-refractivity contribution in [1.29, 1.82) is 0 Å². The minimum absolute atomic E-state index is 0.111. The second-order valence-corrected chi connectivity index (χ2v) is 9.28. The first-order valence-corrected chi connectivity index (χ1v) is 10.5. The predicted molar refractivity (Wildman–Crippen MR) is 107 cm³/mol. The van der Waals surface area contributed by atoms with Crippen LogP contribution in [0.5, 0.6) is 0 Å². The van der Waals surface area contributed by atoms with Crippen LogP contribution < -0.4 is 10.2 Å². The lowest BCUT2D eigenvalue weighted by molar-refractivity contribution is 0.0864. The summed E-state index contributed by atoms with van der Waals surface area (Å²) in [6.07, 6.45) is 1.35. The van der Waals surface area contributed by atoms with Crippen LogP contribution in [-0.4, -0.2) is 44.7 Å². The minimum Gasteiger partial charge on any atom is -0.376 e. The number of hydrogen-bond donors (Lipinski definition) is 1. The summed E-state index contributed by atoms with van der Waals surface area (Å²) >= 11 is 6.04. The van der Waals surface area contributed by atoms with E-state index in [1.54, 1.807) is 18.2 Å². The Morgan fingerprint density at radius 3 is 2.54 bits per heavy atom. The topological polar surface area (TPSA) is 86.8 Å². The van der Waals surface area contributed by atoms with Crippen LogP contribution in [0.4, 0.5) is 11.4 Å². The summed E-state index contributed by atoms with van der Waals surface area (Å²) in [5, 5.41) is 3.23. The van der Waals surface area contributed by atoms with Crippen molar-refractivity contribution < 1.29 is 18.0 Å². The average molecular weight is 420 g/mol. The van der Waals surface area contributed by atoms with Crippen molar-refractivity contribution in [2.75, 3.05) is 24.3 Å². The van der Waals surface area contributed by atoms with Crippen LogP contribution in [0.3, 0.4) is 0 Å². The Kier molecular flexibility index (Phi) is 4.35. The van der Waals surface area contributed by atoms with Crippen molar-refractivity contribution in [2.45, 2.75) is 23.8 Å². The summed E-state index contributed by atoms with van der Waals surface area (Å²) in [7, 11) is -0.251. The van der Waals surface area contributed by atoms with E-state index in [4.69, 9.17) is 11.6 Å². The van der Waals surface area contributed by atoms with E-state index < -0.39 is 21.8 Å². The van der Waals surface area contributed by atoms with Crippen molar-refractivity contribution in [1.82, 2.24) is 4.31 Å². The highest BCUT2D eigenvalue weighted by Gasteiger charge is 2.48. The van der Waals surface area contributed by atoms with Crippen LogP contribution in [0.2, 0.25) is 5.02 Å². The molecule has 0 radical (unpaired) electrons. The number of hydrogen-bond acceptors (Lipinski definition) is 5. The van der Waals surface area contributed by atoms with E-state index >= 15 is 0 Å². The monoisotopic (exact) mass is 419 g/mol. The van der Waals surface area contributed by atoms with Gasteiger partial charge in [0, 0.05) is 30.7 Å². The van der Waals surface area contributed by atoms with Gasteiger partial charge in [-0.25, -0.2) is 12.7 Å². The zero-order valence-corrected chi connectivity index (χ0v) is 16.8. The molecule has 2 aliphatic rings. The van der Waals surface area contributed by atoms with Crippen LogP contribution >= 0.6 is 11.6 Å². The number of carbonyl (C=O) groups excluding carboxylic acids is 2. The quantitative estimate of drug-likeness (QED) is 0.823. The van der Waals surface area contributed by atoms with Crippen molar-refractivity contribution in [3.63, 3.8) is 0 Å². The third-order valence-corrected chi connectivity index (χ3v) is 6.89. The van der Waals surface area contributed by atoms with Gasteiger partial charge in [0.25, 0.3) is 21.8 Å². The van der Waals surface area contributed by atoms with Crippen molar-refractivity contribution in [3.8, 4) is 0 Å². The molecule has 1 heterocycles. The number of rotatable bonds is 4. The summed E-state index contributed by atoms with van der Waals surface area (Å²) in [6, 6.07) is 8.97. The van der Waals surface area contributed by atoms with Gasteiger partial charge in [0.15, 0.2) is 0 Å². The minimum atomic E-state index is -3.92. The first-order chi connectivity index (χ1) is 13.2. The van der Waals surface area contributed by atoms with Crippen LogP contribution in [0, 0.1) is 0 Å². The molecule has 28 heavy (non-hydrogen) atoms. The number of fused-ring (bicyclic) bond motifs is 1. The average Bonchev–Trinajstić information content (AvgIpc) is 3.42. The van der Waals surface area contributed by atoms with Gasteiger partial charge in [-0.2, -0.15) is 0 Å². The SMILES string of the molecule is CN(C)c1ccc(Cl)cc1NC(=O)c1ccc2c(c1)S(=O)(=O)N(C1CC1)C2=O. The molecule has 1 N–H and O–H groups in total. The summed E-state index contributed by atoms with van der Waals surface area (Å²) in [5.41, 5.74) is 1.51. The molecule has 146 valence electrons. The molecule has 0 bridgehead atoms. The molecule has 2 aromatic carbocycles. The molecular formula is C19H18ClN3O4S. The van der Waals surface area contributed by atoms with Gasteiger partial charge in [0.1, 0.15) is 4.90 Å². The van der Waals surface area contributed by atoms with Crippen molar-refractivity contribution in [3.05, 3.63) is 52.5 Å². The molecule has 0 saturated heterocycles. The first-order valence-electron chi connectivity index (χ1n) is 8.71. The molecule has 0 aromatic heterocycles. The Hall–Kier alpha value is -2.58. The number of sulfonamides is 1. The van der Waals surface area contributed by atoms with E-state index in [1.807, 2.05) is 19.0 Å². The number of halogens is 1. The van der Waals surface area contributed by atoms with Crippen LogP contribution in [0.1, 0.15) is 33.6 Å². The molecule has 0 spiro atoms. The molecule has 0 unspecified atom stereocenters. The molecule has 1 fully saturated rings. The molecule has 1 aliphatic heterocycles. The Labute approximate surface area is 167 Å². The van der Waals surface area contributed by atoms with Gasteiger partial charge in [0.05, 0.1) is 16.9 Å². The lowest BCUT2D eigenvalue weighted by Crippen LogP contribution is -2.31. The lowest BCUT2D eigenvalue weighted by atomic mass is 10.1. The number of amides is 2. The molecule has 1 saturated carbocycles. The number of nitrogens with zero attached hydrogens (tertiary/aromatic N) is 2. The standard InChI is InChI=1S/C19H18ClN3O4S/c1-22(2)16-8-4-12(20)10-15(16)21-18(24)11-3-7-14-17(9-11)28(26,27)23(19(14)25)13-5-6-13/h3-4,7-10,13H,5-6H2,1-2H3,(H,21,24). The molecule has 9 heteroatoms. The third kappa shape index (κ3) is 3.02. The maximum atomic E-state index is 12.8. The second kappa shape index (κ2) is 6.49. The predicted octanol–water partition coefficient (Wildman–Crippen LogP) is 2.97. The van der Waals surface area contributed by atoms with E-state index in [0.29, 0.717) is 23.6 Å². The Balaban J connectivity index is 1.68. The number of benzene rings is 2. The Bertz CT molecular complexity index is 1110. The summed E-state index contributed by atoms with van der Waals surface area (Å²) in [5.74, 6) is -1.00. The molecule has 7 nitrogen and oxygen atoms in total. The zero-order chi connectivity index (χ0) is 20.2. The van der Waals surface area contributed by atoms with E-state index in [9.17, 15) is 18.0 Å². The van der Waals surface area contributed by atoms with Crippen LogP contribution in [0.25, 0.3) is 0 Å². The van der Waals surface area contributed by atoms with E-state index in [1.165, 1.54) is 18.2 Å². The zero-order valence-electron chi connectivity index (χ0n) is 15.3. The second-order valence-electron chi connectivity index (χ2n) is 7.06. The fourth-order valence-corrected chi connectivity index (χ4v) is 5.26. The fourth-order valence-electron chi connectivity index (χ4n) is 3.25. The molecule has 0 atom stereocenters. The molecular weight excluding hydrogens is 402 g/mol. The van der Waals surface area contributed by atoms with Gasteiger partial charge in [-0.3, -0.25) is 9.59 Å². The van der Waals surface area contributed by atoms with Gasteiger partial charge in [-0.15, -0.1) is 0 Å². The highest BCUT2D eigenvalue weighted by Crippen LogP contribution is 2.39. The lowest BCUT2D eigenvalue weighted by Gasteiger charge is -2.18. The molecule has 4 rings (SSSR count). The van der Waals surface area contributed by atoms with Gasteiger partial charge in [0.2, 0.25) is 0 Å². The van der Waals surface area contributed by atoms with Crippen LogP contribution in [-0.2, 0) is 10.0 Å². The van der Waals surface area contributed by atoms with Gasteiger partial charge in [-0.05, 0) is 49.2 Å². The third-order valence-electron chi connectivity index (χ3n) is 4.78. The van der Waals surface area contributed by atoms with Gasteiger partial charge >= 0.3 is 0 Å². The number of carbonyl (C=O) groups is 2. The molecule has 2 aromatic rings. The largest absolute Gasteiger partial charge is 0.376 e. The highest BCUT2D eigenvalue weighted by molar-refractivity contribution is 7.90. The highest BCUT2D eigenvalue weighted by atomic mass is 35.5. The molecule has 1 aliphatic carbocycles. The first kappa shape index (κ1) is 18.8. The van der Waals surface area contributed by atoms with Crippen molar-refractivity contribution >= 4 is 44.8 Å². The van der Waals surface area contributed by atoms with Gasteiger partial charge in [-0.1, -0.05) is 11.6 Å². The fraction of sp³-hybridized carbons (Fsp3) is 0.263. The van der Waals surface area contributed by atoms with Gasteiger partial charge < -0.3 is 10.2 Å². The summed E-state index contributed by atoms with van der Waals surface area (Å²) in [6.45, 7) is 0. The normalized spacial score (nSPS) is 17.4. The van der Waals surface area contributed by atoms with Crippen LogP contribution in [0.15, 0.2) is 41.3 Å². The number of anilines is 2. The smallest absolute Gasteiger partial charge is 0.269 e.